The number of rotatable bonds is 3. The Morgan fingerprint density at radius 3 is 2.83 bits per heavy atom. The lowest BCUT2D eigenvalue weighted by Crippen LogP contribution is -2.00. The average Bonchev–Trinajstić information content (AvgIpc) is 3.21. The van der Waals surface area contributed by atoms with Crippen LogP contribution in [0.4, 0.5) is 0 Å². The Morgan fingerprint density at radius 2 is 2.00 bits per heavy atom. The van der Waals surface area contributed by atoms with E-state index in [2.05, 4.69) is 9.97 Å². The molecule has 0 saturated carbocycles. The number of benzene rings is 2. The first kappa shape index (κ1) is 14.9. The molecular formula is C17H10ClN3O2S. The maximum atomic E-state index is 11.4. The number of fused-ring (bicyclic) bond motifs is 1. The van der Waals surface area contributed by atoms with Crippen LogP contribution in [-0.2, 0) is 0 Å². The van der Waals surface area contributed by atoms with Crippen molar-refractivity contribution in [2.75, 3.05) is 0 Å². The zero-order valence-electron chi connectivity index (χ0n) is 12.2. The molecule has 118 valence electrons. The summed E-state index contributed by atoms with van der Waals surface area (Å²) in [4.78, 5) is 20.3. The topological polar surface area (TPSA) is 68.0 Å². The Kier molecular flexibility index (Phi) is 3.55. The zero-order chi connectivity index (χ0) is 16.7. The summed E-state index contributed by atoms with van der Waals surface area (Å²) in [6, 6.07) is 13.0. The van der Waals surface area contributed by atoms with Crippen LogP contribution in [0.1, 0.15) is 9.67 Å². The lowest BCUT2D eigenvalue weighted by Gasteiger charge is -2.10. The van der Waals surface area contributed by atoms with E-state index in [4.69, 9.17) is 11.6 Å². The highest BCUT2D eigenvalue weighted by molar-refractivity contribution is 7.12. The van der Waals surface area contributed by atoms with Gasteiger partial charge in [0.25, 0.3) is 0 Å². The fourth-order valence-electron chi connectivity index (χ4n) is 2.65. The van der Waals surface area contributed by atoms with Crippen molar-refractivity contribution in [2.24, 2.45) is 0 Å². The number of carboxylic acid groups (broad SMARTS) is 1. The summed E-state index contributed by atoms with van der Waals surface area (Å²) in [7, 11) is 0. The summed E-state index contributed by atoms with van der Waals surface area (Å²) in [5.74, 6) is -0.982. The normalized spacial score (nSPS) is 11.0. The number of aromatic carboxylic acids is 1. The second-order valence-corrected chi connectivity index (χ2v) is 6.39. The smallest absolute Gasteiger partial charge is 0.348 e. The van der Waals surface area contributed by atoms with E-state index in [1.165, 1.54) is 0 Å². The molecule has 0 radical (unpaired) electrons. The molecule has 2 heterocycles. The van der Waals surface area contributed by atoms with Gasteiger partial charge >= 0.3 is 5.97 Å². The van der Waals surface area contributed by atoms with Gasteiger partial charge in [0.15, 0.2) is 0 Å². The van der Waals surface area contributed by atoms with E-state index < -0.39 is 5.97 Å². The largest absolute Gasteiger partial charge is 0.477 e. The number of aromatic nitrogens is 3. The van der Waals surface area contributed by atoms with E-state index >= 15 is 0 Å². The van der Waals surface area contributed by atoms with Crippen LogP contribution < -0.4 is 0 Å². The van der Waals surface area contributed by atoms with E-state index in [9.17, 15) is 9.90 Å². The molecule has 0 aliphatic heterocycles. The van der Waals surface area contributed by atoms with Crippen molar-refractivity contribution in [1.29, 1.82) is 0 Å². The minimum atomic E-state index is -0.982. The summed E-state index contributed by atoms with van der Waals surface area (Å²) in [6.07, 6.45) is 1.70. The number of hydrogen-bond acceptors (Lipinski definition) is 4. The van der Waals surface area contributed by atoms with Gasteiger partial charge in [-0.2, -0.15) is 0 Å². The summed E-state index contributed by atoms with van der Waals surface area (Å²) in [6.45, 7) is 0. The zero-order valence-corrected chi connectivity index (χ0v) is 13.8. The molecule has 7 heteroatoms. The van der Waals surface area contributed by atoms with Gasteiger partial charge in [-0.15, -0.1) is 11.3 Å². The monoisotopic (exact) mass is 355 g/mol. The molecule has 0 bridgehead atoms. The molecule has 4 rings (SSSR count). The second-order valence-electron chi connectivity index (χ2n) is 5.10. The van der Waals surface area contributed by atoms with Crippen LogP contribution in [0.25, 0.3) is 28.0 Å². The third-order valence-electron chi connectivity index (χ3n) is 3.69. The highest BCUT2D eigenvalue weighted by atomic mass is 35.5. The first-order valence-corrected chi connectivity index (χ1v) is 8.30. The number of halogens is 1. The van der Waals surface area contributed by atoms with Crippen molar-refractivity contribution < 1.29 is 9.90 Å². The van der Waals surface area contributed by atoms with E-state index in [0.717, 1.165) is 33.6 Å². The van der Waals surface area contributed by atoms with Crippen molar-refractivity contribution in [3.63, 3.8) is 0 Å². The summed E-state index contributed by atoms with van der Waals surface area (Å²) in [5.41, 5.74) is 5.22. The predicted molar refractivity (Wildman–Crippen MR) is 94.1 cm³/mol. The van der Waals surface area contributed by atoms with Crippen LogP contribution in [0.2, 0.25) is 5.02 Å². The van der Waals surface area contributed by atoms with Gasteiger partial charge in [-0.05, 0) is 24.3 Å². The summed E-state index contributed by atoms with van der Waals surface area (Å²) < 4.78 is 1.91. The van der Waals surface area contributed by atoms with Crippen molar-refractivity contribution in [3.05, 3.63) is 64.2 Å². The predicted octanol–water partition coefficient (Wildman–Crippen LogP) is 4.50. The van der Waals surface area contributed by atoms with E-state index in [0.29, 0.717) is 10.7 Å². The Bertz CT molecular complexity index is 1070. The third kappa shape index (κ3) is 2.36. The first-order valence-electron chi connectivity index (χ1n) is 7.04. The second kappa shape index (κ2) is 5.74. The molecule has 0 saturated heterocycles. The van der Waals surface area contributed by atoms with Gasteiger partial charge in [0, 0.05) is 10.6 Å². The number of hydrogen-bond donors (Lipinski definition) is 1. The minimum Gasteiger partial charge on any atom is -0.477 e. The van der Waals surface area contributed by atoms with Crippen molar-refractivity contribution in [1.82, 2.24) is 14.5 Å². The molecule has 1 N–H and O–H groups in total. The first-order chi connectivity index (χ1) is 11.6. The Labute approximate surface area is 145 Å². The molecule has 0 fully saturated rings. The van der Waals surface area contributed by atoms with Gasteiger partial charge in [-0.3, -0.25) is 4.57 Å². The Balaban J connectivity index is 1.96. The van der Waals surface area contributed by atoms with Gasteiger partial charge < -0.3 is 5.11 Å². The molecule has 0 amide bonds. The number of carbonyl (C=O) groups is 1. The molecule has 2 aromatic heterocycles. The molecule has 0 unspecified atom stereocenters. The van der Waals surface area contributed by atoms with Gasteiger partial charge in [0.1, 0.15) is 11.2 Å². The molecule has 5 nitrogen and oxygen atoms in total. The Morgan fingerprint density at radius 1 is 1.17 bits per heavy atom. The van der Waals surface area contributed by atoms with Crippen molar-refractivity contribution in [3.8, 4) is 16.9 Å². The SMILES string of the molecule is O=C(O)c1scnc1-c1ccccc1-n1cnc2cc(Cl)ccc21. The quantitative estimate of drug-likeness (QED) is 0.587. The van der Waals surface area contributed by atoms with Gasteiger partial charge in [0.05, 0.1) is 27.9 Å². The molecule has 0 aliphatic carbocycles. The average molecular weight is 356 g/mol. The third-order valence-corrected chi connectivity index (χ3v) is 4.74. The fourth-order valence-corrected chi connectivity index (χ4v) is 3.46. The molecule has 2 aromatic carbocycles. The molecule has 0 spiro atoms. The number of carboxylic acids is 1. The van der Waals surface area contributed by atoms with Crippen LogP contribution in [0.5, 0.6) is 0 Å². The maximum Gasteiger partial charge on any atom is 0.348 e. The molecule has 0 atom stereocenters. The van der Waals surface area contributed by atoms with Crippen molar-refractivity contribution >= 4 is 39.9 Å². The van der Waals surface area contributed by atoms with Gasteiger partial charge in [-0.1, -0.05) is 29.8 Å². The maximum absolute atomic E-state index is 11.4. The summed E-state index contributed by atoms with van der Waals surface area (Å²) in [5, 5.41) is 10.00. The van der Waals surface area contributed by atoms with E-state index in [-0.39, 0.29) is 4.88 Å². The highest BCUT2D eigenvalue weighted by Gasteiger charge is 2.19. The lowest BCUT2D eigenvalue weighted by atomic mass is 10.1. The van der Waals surface area contributed by atoms with Gasteiger partial charge in [0.2, 0.25) is 0 Å². The van der Waals surface area contributed by atoms with Crippen molar-refractivity contribution in [2.45, 2.75) is 0 Å². The summed E-state index contributed by atoms with van der Waals surface area (Å²) >= 11 is 7.13. The standard InChI is InChI=1S/C17H10ClN3O2S/c18-10-5-6-14-12(7-10)19-8-21(14)13-4-2-1-3-11(13)15-16(17(22)23)24-9-20-15/h1-9H,(H,22,23). The van der Waals surface area contributed by atoms with Crippen LogP contribution in [0.3, 0.4) is 0 Å². The lowest BCUT2D eigenvalue weighted by molar-refractivity contribution is 0.0702. The van der Waals surface area contributed by atoms with E-state index in [1.54, 1.807) is 24.0 Å². The van der Waals surface area contributed by atoms with Crippen LogP contribution >= 0.6 is 22.9 Å². The highest BCUT2D eigenvalue weighted by Crippen LogP contribution is 2.32. The Hall–Kier alpha value is -2.70. The molecule has 24 heavy (non-hydrogen) atoms. The number of nitrogens with zero attached hydrogens (tertiary/aromatic N) is 3. The number of imidazole rings is 1. The minimum absolute atomic E-state index is 0.218. The van der Waals surface area contributed by atoms with Crippen LogP contribution in [-0.4, -0.2) is 25.6 Å². The number of thiazole rings is 1. The fraction of sp³-hybridized carbons (Fsp3) is 0. The van der Waals surface area contributed by atoms with Crippen LogP contribution in [0, 0.1) is 0 Å². The van der Waals surface area contributed by atoms with Gasteiger partial charge in [-0.25, -0.2) is 14.8 Å². The van der Waals surface area contributed by atoms with E-state index in [1.807, 2.05) is 34.9 Å². The van der Waals surface area contributed by atoms with Crippen LogP contribution in [0.15, 0.2) is 54.3 Å². The molecule has 0 aliphatic rings. The molecular weight excluding hydrogens is 346 g/mol. The molecule has 4 aromatic rings. The number of para-hydroxylation sites is 1.